The van der Waals surface area contributed by atoms with E-state index in [9.17, 15) is 4.79 Å². The van der Waals surface area contributed by atoms with Gasteiger partial charge in [0.2, 0.25) is 5.91 Å². The summed E-state index contributed by atoms with van der Waals surface area (Å²) in [6, 6.07) is 4.20. The van der Waals surface area contributed by atoms with Gasteiger partial charge in [0, 0.05) is 18.0 Å². The molecule has 1 aromatic heterocycles. The molecule has 4 heteroatoms. The van der Waals surface area contributed by atoms with E-state index < -0.39 is 0 Å². The van der Waals surface area contributed by atoms with Crippen molar-refractivity contribution >= 4 is 5.91 Å². The maximum Gasteiger partial charge on any atom is 0.225 e. The molecule has 0 unspecified atom stereocenters. The Morgan fingerprint density at radius 3 is 2.62 bits per heavy atom. The van der Waals surface area contributed by atoms with Crippen LogP contribution in [0.1, 0.15) is 63.5 Å². The maximum atomic E-state index is 12.8. The van der Waals surface area contributed by atoms with Crippen LogP contribution >= 0.6 is 0 Å². The summed E-state index contributed by atoms with van der Waals surface area (Å²) in [5, 5.41) is 0. The zero-order chi connectivity index (χ0) is 14.7. The predicted molar refractivity (Wildman–Crippen MR) is 81.5 cm³/mol. The first kappa shape index (κ1) is 14.6. The molecule has 0 spiro atoms. The van der Waals surface area contributed by atoms with Crippen LogP contribution in [-0.2, 0) is 11.3 Å². The van der Waals surface area contributed by atoms with Gasteiger partial charge >= 0.3 is 0 Å². The van der Waals surface area contributed by atoms with Crippen LogP contribution in [0.5, 0.6) is 0 Å². The number of amides is 1. The molecule has 116 valence electrons. The molecule has 2 fully saturated rings. The number of rotatable bonds is 5. The Bertz CT molecular complexity index is 457. The predicted octanol–water partition coefficient (Wildman–Crippen LogP) is 3.21. The lowest BCUT2D eigenvalue weighted by Gasteiger charge is -2.32. The fraction of sp³-hybridized carbons (Fsp3) is 0.706. The van der Waals surface area contributed by atoms with Gasteiger partial charge in [-0.3, -0.25) is 4.79 Å². The highest BCUT2D eigenvalue weighted by Gasteiger charge is 2.35. The number of nitrogens with zero attached hydrogens (tertiary/aromatic N) is 1. The van der Waals surface area contributed by atoms with Crippen molar-refractivity contribution in [2.45, 2.75) is 75.9 Å². The van der Waals surface area contributed by atoms with Crippen LogP contribution in [0.4, 0.5) is 0 Å². The average molecular weight is 290 g/mol. The summed E-state index contributed by atoms with van der Waals surface area (Å²) in [6.45, 7) is 0.590. The van der Waals surface area contributed by atoms with Crippen molar-refractivity contribution in [1.29, 1.82) is 0 Å². The molecule has 2 N–H and O–H groups in total. The smallest absolute Gasteiger partial charge is 0.225 e. The summed E-state index contributed by atoms with van der Waals surface area (Å²) < 4.78 is 5.44. The second-order valence-electron chi connectivity index (χ2n) is 6.79. The van der Waals surface area contributed by atoms with Gasteiger partial charge in [-0.2, -0.15) is 0 Å². The van der Waals surface area contributed by atoms with Crippen LogP contribution < -0.4 is 5.73 Å². The Hall–Kier alpha value is -1.29. The zero-order valence-corrected chi connectivity index (χ0v) is 12.7. The second kappa shape index (κ2) is 6.22. The fourth-order valence-electron chi connectivity index (χ4n) is 3.87. The van der Waals surface area contributed by atoms with E-state index in [1.807, 2.05) is 17.0 Å². The van der Waals surface area contributed by atoms with Gasteiger partial charge in [0.1, 0.15) is 5.76 Å². The molecule has 1 aromatic rings. The molecular formula is C17H26N2O2. The summed E-state index contributed by atoms with van der Waals surface area (Å²) in [7, 11) is 0. The highest BCUT2D eigenvalue weighted by molar-refractivity contribution is 5.78. The summed E-state index contributed by atoms with van der Waals surface area (Å²) in [6.07, 6.45) is 11.1. The van der Waals surface area contributed by atoms with E-state index in [4.69, 9.17) is 10.2 Å². The third kappa shape index (κ3) is 3.49. The van der Waals surface area contributed by atoms with Crippen molar-refractivity contribution in [2.75, 3.05) is 0 Å². The van der Waals surface area contributed by atoms with E-state index in [2.05, 4.69) is 0 Å². The lowest BCUT2D eigenvalue weighted by molar-refractivity contribution is -0.135. The van der Waals surface area contributed by atoms with Crippen molar-refractivity contribution in [3.05, 3.63) is 24.2 Å². The topological polar surface area (TPSA) is 59.5 Å². The summed E-state index contributed by atoms with van der Waals surface area (Å²) in [5.74, 6) is 1.08. The van der Waals surface area contributed by atoms with Gasteiger partial charge in [-0.25, -0.2) is 0 Å². The molecule has 0 radical (unpaired) electrons. The van der Waals surface area contributed by atoms with Crippen molar-refractivity contribution in [3.8, 4) is 0 Å². The standard InChI is InChI=1S/C17H26N2O2/c18-17(9-3-4-10-17)12-16(20)19(14-6-1-2-7-14)13-15-8-5-11-21-15/h5,8,11,14H,1-4,6-7,9-10,12-13,18H2. The van der Waals surface area contributed by atoms with Crippen molar-refractivity contribution in [3.63, 3.8) is 0 Å². The fourth-order valence-corrected chi connectivity index (χ4v) is 3.87. The largest absolute Gasteiger partial charge is 0.467 e. The molecule has 0 aromatic carbocycles. The van der Waals surface area contributed by atoms with Gasteiger partial charge in [-0.05, 0) is 37.8 Å². The lowest BCUT2D eigenvalue weighted by Crippen LogP contribution is -2.46. The Labute approximate surface area is 126 Å². The summed E-state index contributed by atoms with van der Waals surface area (Å²) in [5.41, 5.74) is 6.13. The van der Waals surface area contributed by atoms with Crippen LogP contribution in [0.15, 0.2) is 22.8 Å². The minimum atomic E-state index is -0.267. The van der Waals surface area contributed by atoms with E-state index in [1.54, 1.807) is 6.26 Å². The number of nitrogens with two attached hydrogens (primary N) is 1. The third-order valence-corrected chi connectivity index (χ3v) is 5.09. The van der Waals surface area contributed by atoms with Crippen LogP contribution in [0, 0.1) is 0 Å². The molecular weight excluding hydrogens is 264 g/mol. The number of carbonyl (C=O) groups excluding carboxylic acids is 1. The molecule has 1 heterocycles. The molecule has 0 saturated heterocycles. The third-order valence-electron chi connectivity index (χ3n) is 5.09. The van der Waals surface area contributed by atoms with Crippen LogP contribution in [-0.4, -0.2) is 22.4 Å². The van der Waals surface area contributed by atoms with Gasteiger partial charge in [0.25, 0.3) is 0 Å². The highest BCUT2D eigenvalue weighted by atomic mass is 16.3. The van der Waals surface area contributed by atoms with Gasteiger partial charge in [0.15, 0.2) is 0 Å². The number of furan rings is 1. The average Bonchev–Trinajstić information content (AvgIpc) is 3.18. The molecule has 2 aliphatic rings. The number of hydrogen-bond acceptors (Lipinski definition) is 3. The quantitative estimate of drug-likeness (QED) is 0.905. The SMILES string of the molecule is NC1(CC(=O)N(Cc2ccco2)C2CCCC2)CCCC1. The lowest BCUT2D eigenvalue weighted by atomic mass is 9.93. The molecule has 4 nitrogen and oxygen atoms in total. The number of carbonyl (C=O) groups is 1. The minimum absolute atomic E-state index is 0.211. The van der Waals surface area contributed by atoms with Crippen molar-refractivity contribution < 1.29 is 9.21 Å². The van der Waals surface area contributed by atoms with Gasteiger partial charge in [-0.15, -0.1) is 0 Å². The molecule has 0 atom stereocenters. The van der Waals surface area contributed by atoms with Crippen molar-refractivity contribution in [1.82, 2.24) is 4.90 Å². The van der Waals surface area contributed by atoms with Crippen molar-refractivity contribution in [2.24, 2.45) is 5.73 Å². The van der Waals surface area contributed by atoms with Crippen LogP contribution in [0.3, 0.4) is 0 Å². The molecule has 21 heavy (non-hydrogen) atoms. The molecule has 0 bridgehead atoms. The van der Waals surface area contributed by atoms with E-state index in [0.29, 0.717) is 19.0 Å². The van der Waals surface area contributed by atoms with Gasteiger partial charge in [0.05, 0.1) is 12.8 Å². The molecule has 2 aliphatic carbocycles. The summed E-state index contributed by atoms with van der Waals surface area (Å²) in [4.78, 5) is 14.8. The van der Waals surface area contributed by atoms with E-state index >= 15 is 0 Å². The maximum absolute atomic E-state index is 12.8. The highest BCUT2D eigenvalue weighted by Crippen LogP contribution is 2.32. The summed E-state index contributed by atoms with van der Waals surface area (Å²) >= 11 is 0. The Kier molecular flexibility index (Phi) is 4.34. The van der Waals surface area contributed by atoms with Gasteiger partial charge in [-0.1, -0.05) is 25.7 Å². The molecule has 1 amide bonds. The van der Waals surface area contributed by atoms with E-state index in [-0.39, 0.29) is 11.4 Å². The molecule has 2 saturated carbocycles. The van der Waals surface area contributed by atoms with E-state index in [1.165, 1.54) is 12.8 Å². The first-order valence-electron chi connectivity index (χ1n) is 8.27. The zero-order valence-electron chi connectivity index (χ0n) is 12.7. The Balaban J connectivity index is 1.69. The minimum Gasteiger partial charge on any atom is -0.467 e. The molecule has 0 aliphatic heterocycles. The van der Waals surface area contributed by atoms with Crippen LogP contribution in [0.25, 0.3) is 0 Å². The number of hydrogen-bond donors (Lipinski definition) is 1. The second-order valence-corrected chi connectivity index (χ2v) is 6.79. The van der Waals surface area contributed by atoms with Crippen LogP contribution in [0.2, 0.25) is 0 Å². The first-order valence-corrected chi connectivity index (χ1v) is 8.27. The normalized spacial score (nSPS) is 21.8. The Morgan fingerprint density at radius 1 is 1.29 bits per heavy atom. The Morgan fingerprint density at radius 2 is 2.00 bits per heavy atom. The van der Waals surface area contributed by atoms with Gasteiger partial charge < -0.3 is 15.1 Å². The van der Waals surface area contributed by atoms with E-state index in [0.717, 1.165) is 44.3 Å². The molecule has 3 rings (SSSR count). The first-order chi connectivity index (χ1) is 10.2. The monoisotopic (exact) mass is 290 g/mol.